The fourth-order valence-corrected chi connectivity index (χ4v) is 7.55. The maximum absolute atomic E-state index is 6.43. The number of nitrogens with zero attached hydrogens (tertiary/aromatic N) is 3. The van der Waals surface area contributed by atoms with Gasteiger partial charge in [0.1, 0.15) is 11.2 Å². The monoisotopic (exact) mass is 675 g/mol. The van der Waals surface area contributed by atoms with Crippen LogP contribution < -0.4 is 5.46 Å². The molecule has 0 amide bonds. The van der Waals surface area contributed by atoms with Crippen LogP contribution in [0.4, 0.5) is 0 Å². The summed E-state index contributed by atoms with van der Waals surface area (Å²) in [5, 5.41) is 9.13. The molecule has 1 aliphatic rings. The van der Waals surface area contributed by atoms with Crippen molar-refractivity contribution in [3.63, 3.8) is 0 Å². The average molecular weight is 676 g/mol. The molecule has 1 fully saturated rings. The number of hydrogen-bond donors (Lipinski definition) is 0. The molecule has 0 N–H and O–H groups in total. The normalized spacial score (nSPS) is 15.4. The Morgan fingerprint density at radius 2 is 1.02 bits per heavy atom. The number of rotatable bonds is 4. The fraction of sp³-hybridized carbons (Fsp3) is 0.133. The Kier molecular flexibility index (Phi) is 6.72. The van der Waals surface area contributed by atoms with Gasteiger partial charge < -0.3 is 13.7 Å². The molecule has 250 valence electrons. The minimum atomic E-state index is -0.499. The van der Waals surface area contributed by atoms with Crippen LogP contribution in [-0.2, 0) is 9.31 Å². The number of furan rings is 1. The summed E-state index contributed by atoms with van der Waals surface area (Å²) < 4.78 is 19.3. The highest BCUT2D eigenvalue weighted by Gasteiger charge is 2.51. The summed E-state index contributed by atoms with van der Waals surface area (Å²) >= 11 is 0. The van der Waals surface area contributed by atoms with E-state index >= 15 is 0 Å². The van der Waals surface area contributed by atoms with Crippen molar-refractivity contribution < 1.29 is 13.7 Å². The van der Waals surface area contributed by atoms with Gasteiger partial charge in [-0.25, -0.2) is 15.0 Å². The largest absolute Gasteiger partial charge is 0.494 e. The standard InChI is InChI=1S/C45H34BN3O3/c1-44(2)45(3,4)52-46(51-44)29-22-24-38-37(26-29)40-35(19-12-20-39(40)50-38)43-48-41(27-13-6-5-7-14-27)47-42(49-43)28-21-23-34-32-17-9-8-15-30(32)31-16-10-11-18-33(31)36(34)25-28/h5-26H,1-4H3. The molecule has 0 unspecified atom stereocenters. The summed E-state index contributed by atoms with van der Waals surface area (Å²) in [6, 6.07) is 46.0. The fourth-order valence-electron chi connectivity index (χ4n) is 7.55. The lowest BCUT2D eigenvalue weighted by Crippen LogP contribution is -2.41. The average Bonchev–Trinajstić information content (AvgIpc) is 3.66. The van der Waals surface area contributed by atoms with E-state index in [0.29, 0.717) is 17.5 Å². The van der Waals surface area contributed by atoms with E-state index in [9.17, 15) is 0 Å². The SMILES string of the molecule is CC1(C)OB(c2ccc3oc4cccc(-c5nc(-c6ccccc6)nc(-c6ccc7c8ccccc8c8ccccc8c7c6)n5)c4c3c2)OC1(C)C. The predicted octanol–water partition coefficient (Wildman–Crippen LogP) is 10.5. The maximum atomic E-state index is 6.43. The van der Waals surface area contributed by atoms with E-state index in [1.165, 1.54) is 26.9 Å². The summed E-state index contributed by atoms with van der Waals surface area (Å²) in [5.41, 5.74) is 4.25. The van der Waals surface area contributed by atoms with Crippen molar-refractivity contribution in [1.29, 1.82) is 0 Å². The summed E-state index contributed by atoms with van der Waals surface area (Å²) in [6.45, 7) is 8.28. The van der Waals surface area contributed by atoms with Crippen LogP contribution in [0.5, 0.6) is 0 Å². The third-order valence-corrected chi connectivity index (χ3v) is 11.0. The summed E-state index contributed by atoms with van der Waals surface area (Å²) in [7, 11) is -0.499. The number of benzene rings is 7. The Bertz CT molecular complexity index is 2830. The molecule has 0 bridgehead atoms. The number of fused-ring (bicyclic) bond motifs is 9. The molecule has 0 radical (unpaired) electrons. The molecule has 0 atom stereocenters. The van der Waals surface area contributed by atoms with Crippen LogP contribution in [0.15, 0.2) is 138 Å². The van der Waals surface area contributed by atoms with Gasteiger partial charge in [0.25, 0.3) is 0 Å². The molecule has 0 spiro atoms. The van der Waals surface area contributed by atoms with Gasteiger partial charge in [-0.2, -0.15) is 0 Å². The maximum Gasteiger partial charge on any atom is 0.494 e. The Labute approximate surface area is 301 Å². The van der Waals surface area contributed by atoms with Crippen molar-refractivity contribution in [2.45, 2.75) is 38.9 Å². The van der Waals surface area contributed by atoms with Crippen molar-refractivity contribution in [3.05, 3.63) is 133 Å². The van der Waals surface area contributed by atoms with Gasteiger partial charge >= 0.3 is 7.12 Å². The highest BCUT2D eigenvalue weighted by molar-refractivity contribution is 6.62. The van der Waals surface area contributed by atoms with Gasteiger partial charge in [0.15, 0.2) is 17.5 Å². The second kappa shape index (κ2) is 11.3. The van der Waals surface area contributed by atoms with Gasteiger partial charge in [0.05, 0.1) is 11.2 Å². The van der Waals surface area contributed by atoms with E-state index in [2.05, 4.69) is 107 Å². The lowest BCUT2D eigenvalue weighted by molar-refractivity contribution is 0.00578. The molecule has 52 heavy (non-hydrogen) atoms. The third-order valence-electron chi connectivity index (χ3n) is 11.0. The summed E-state index contributed by atoms with van der Waals surface area (Å²) in [4.78, 5) is 15.4. The minimum absolute atomic E-state index is 0.451. The van der Waals surface area contributed by atoms with E-state index in [1.54, 1.807) is 0 Å². The van der Waals surface area contributed by atoms with E-state index in [0.717, 1.165) is 49.5 Å². The zero-order chi connectivity index (χ0) is 35.2. The molecule has 10 rings (SSSR count). The van der Waals surface area contributed by atoms with Gasteiger partial charge in [0, 0.05) is 27.5 Å². The molecule has 0 aliphatic carbocycles. The predicted molar refractivity (Wildman–Crippen MR) is 212 cm³/mol. The summed E-state index contributed by atoms with van der Waals surface area (Å²) in [6.07, 6.45) is 0. The van der Waals surface area contributed by atoms with Gasteiger partial charge in [0.2, 0.25) is 0 Å². The van der Waals surface area contributed by atoms with E-state index in [4.69, 9.17) is 28.7 Å². The highest BCUT2D eigenvalue weighted by Crippen LogP contribution is 2.40. The van der Waals surface area contributed by atoms with Crippen molar-refractivity contribution >= 4 is 66.8 Å². The van der Waals surface area contributed by atoms with Crippen LogP contribution in [0, 0.1) is 0 Å². The molecule has 1 saturated heterocycles. The second-order valence-corrected chi connectivity index (χ2v) is 14.6. The second-order valence-electron chi connectivity index (χ2n) is 14.6. The van der Waals surface area contributed by atoms with Gasteiger partial charge in [-0.1, -0.05) is 115 Å². The quantitative estimate of drug-likeness (QED) is 0.137. The number of aromatic nitrogens is 3. The van der Waals surface area contributed by atoms with Gasteiger partial charge in [-0.05, 0) is 83.7 Å². The van der Waals surface area contributed by atoms with Crippen LogP contribution >= 0.6 is 0 Å². The third kappa shape index (κ3) is 4.77. The molecule has 9 aromatic rings. The molecule has 2 aromatic heterocycles. The molecule has 6 nitrogen and oxygen atoms in total. The highest BCUT2D eigenvalue weighted by atomic mass is 16.7. The van der Waals surface area contributed by atoms with Crippen LogP contribution in [0.3, 0.4) is 0 Å². The molecule has 0 saturated carbocycles. The zero-order valence-corrected chi connectivity index (χ0v) is 29.3. The molecular formula is C45H34BN3O3. The Balaban J connectivity index is 1.19. The van der Waals surface area contributed by atoms with E-state index in [-0.39, 0.29) is 0 Å². The lowest BCUT2D eigenvalue weighted by Gasteiger charge is -2.32. The van der Waals surface area contributed by atoms with Crippen molar-refractivity contribution in [2.24, 2.45) is 0 Å². The zero-order valence-electron chi connectivity index (χ0n) is 29.3. The molecule has 3 heterocycles. The van der Waals surface area contributed by atoms with Crippen LogP contribution in [-0.4, -0.2) is 33.3 Å². The van der Waals surface area contributed by atoms with Crippen LogP contribution in [0.25, 0.3) is 88.4 Å². The first-order valence-electron chi connectivity index (χ1n) is 17.7. The first-order chi connectivity index (χ1) is 25.2. The first-order valence-corrected chi connectivity index (χ1v) is 17.7. The van der Waals surface area contributed by atoms with Crippen molar-refractivity contribution in [2.75, 3.05) is 0 Å². The molecule has 7 heteroatoms. The molecular weight excluding hydrogens is 641 g/mol. The van der Waals surface area contributed by atoms with Crippen LogP contribution in [0.2, 0.25) is 0 Å². The molecule has 1 aliphatic heterocycles. The Morgan fingerprint density at radius 3 is 1.69 bits per heavy atom. The minimum Gasteiger partial charge on any atom is -0.456 e. The van der Waals surface area contributed by atoms with Gasteiger partial charge in [-0.15, -0.1) is 0 Å². The smallest absolute Gasteiger partial charge is 0.456 e. The Morgan fingerprint density at radius 1 is 0.442 bits per heavy atom. The number of hydrogen-bond acceptors (Lipinski definition) is 6. The van der Waals surface area contributed by atoms with E-state index < -0.39 is 18.3 Å². The Hall–Kier alpha value is -5.89. The topological polar surface area (TPSA) is 70.3 Å². The van der Waals surface area contributed by atoms with E-state index in [1.807, 2.05) is 54.6 Å². The van der Waals surface area contributed by atoms with Crippen LogP contribution in [0.1, 0.15) is 27.7 Å². The van der Waals surface area contributed by atoms with Gasteiger partial charge in [-0.3, -0.25) is 0 Å². The first kappa shape index (κ1) is 30.9. The lowest BCUT2D eigenvalue weighted by atomic mass is 9.78. The molecule has 7 aromatic carbocycles. The summed E-state index contributed by atoms with van der Waals surface area (Å²) in [5.74, 6) is 1.78. The van der Waals surface area contributed by atoms with Crippen molar-refractivity contribution in [3.8, 4) is 34.2 Å². The van der Waals surface area contributed by atoms with Crippen molar-refractivity contribution in [1.82, 2.24) is 15.0 Å².